The molecule has 0 aromatic heterocycles. The molecule has 29 heavy (non-hydrogen) atoms. The number of aliphatic hydroxyl groups is 1. The molecule has 4 rings (SSSR count). The van der Waals surface area contributed by atoms with Gasteiger partial charge >= 0.3 is 0 Å². The third-order valence-corrected chi connectivity index (χ3v) is 5.84. The highest BCUT2D eigenvalue weighted by molar-refractivity contribution is 9.10. The summed E-state index contributed by atoms with van der Waals surface area (Å²) in [6, 6.07) is 24.5. The second-order valence-electron chi connectivity index (χ2n) is 6.80. The number of rotatable bonds is 5. The van der Waals surface area contributed by atoms with Crippen molar-refractivity contribution < 1.29 is 14.6 Å². The molecule has 1 heterocycles. The lowest BCUT2D eigenvalue weighted by molar-refractivity contribution is -0.130. The van der Waals surface area contributed by atoms with Gasteiger partial charge in [0, 0.05) is 15.6 Å². The Morgan fingerprint density at radius 2 is 1.62 bits per heavy atom. The van der Waals surface area contributed by atoms with E-state index in [1.54, 1.807) is 12.0 Å². The Labute approximate surface area is 178 Å². The molecular formula is C24H20BrNO3. The van der Waals surface area contributed by atoms with E-state index in [0.717, 1.165) is 21.2 Å². The number of nitrogens with zero attached hydrogens (tertiary/aromatic N) is 1. The van der Waals surface area contributed by atoms with Crippen LogP contribution in [0.3, 0.4) is 0 Å². The van der Waals surface area contributed by atoms with Crippen molar-refractivity contribution in [3.63, 3.8) is 0 Å². The van der Waals surface area contributed by atoms with Gasteiger partial charge < -0.3 is 14.7 Å². The number of ether oxygens (including phenoxy) is 1. The molecule has 0 unspecified atom stereocenters. The Hall–Kier alpha value is -3.05. The minimum absolute atomic E-state index is 0.216. The van der Waals surface area contributed by atoms with Crippen LogP contribution in [0.5, 0.6) is 5.75 Å². The van der Waals surface area contributed by atoms with E-state index in [0.29, 0.717) is 17.9 Å². The van der Waals surface area contributed by atoms with Gasteiger partial charge in [-0.15, -0.1) is 0 Å². The maximum Gasteiger partial charge on any atom is 0.290 e. The van der Waals surface area contributed by atoms with Gasteiger partial charge in [0.2, 0.25) is 0 Å². The minimum atomic E-state index is -0.426. The van der Waals surface area contributed by atoms with Crippen LogP contribution in [0.2, 0.25) is 0 Å². The molecule has 0 saturated carbocycles. The Morgan fingerprint density at radius 1 is 0.966 bits per heavy atom. The molecule has 0 fully saturated rings. The van der Waals surface area contributed by atoms with Crippen molar-refractivity contribution in [2.45, 2.75) is 12.6 Å². The predicted molar refractivity (Wildman–Crippen MR) is 116 cm³/mol. The summed E-state index contributed by atoms with van der Waals surface area (Å²) in [5, 5.41) is 10.9. The maximum absolute atomic E-state index is 13.1. The summed E-state index contributed by atoms with van der Waals surface area (Å²) in [5.41, 5.74) is 3.22. The van der Waals surface area contributed by atoms with Crippen LogP contribution in [0.1, 0.15) is 22.7 Å². The van der Waals surface area contributed by atoms with Crippen molar-refractivity contribution in [2.75, 3.05) is 7.11 Å². The molecule has 4 nitrogen and oxygen atoms in total. The molecule has 1 amide bonds. The smallest absolute Gasteiger partial charge is 0.290 e. The molecule has 0 saturated heterocycles. The summed E-state index contributed by atoms with van der Waals surface area (Å²) in [6.45, 7) is 0.315. The number of halogens is 1. The van der Waals surface area contributed by atoms with E-state index in [2.05, 4.69) is 15.9 Å². The number of methoxy groups -OCH3 is 1. The van der Waals surface area contributed by atoms with Gasteiger partial charge in [-0.1, -0.05) is 82.7 Å². The first-order chi connectivity index (χ1) is 14.1. The highest BCUT2D eigenvalue weighted by atomic mass is 79.9. The van der Waals surface area contributed by atoms with Crippen LogP contribution in [0.4, 0.5) is 0 Å². The molecule has 0 spiro atoms. The molecular weight excluding hydrogens is 430 g/mol. The fraction of sp³-hybridized carbons (Fsp3) is 0.125. The average Bonchev–Trinajstić information content (AvgIpc) is 3.00. The molecule has 3 aromatic rings. The highest BCUT2D eigenvalue weighted by Gasteiger charge is 2.41. The number of hydrogen-bond acceptors (Lipinski definition) is 3. The van der Waals surface area contributed by atoms with Gasteiger partial charge in [-0.05, 0) is 23.3 Å². The summed E-state index contributed by atoms with van der Waals surface area (Å²) >= 11 is 3.62. The number of aliphatic hydroxyl groups excluding tert-OH is 1. The first-order valence-corrected chi connectivity index (χ1v) is 10.1. The molecule has 0 radical (unpaired) electrons. The topological polar surface area (TPSA) is 49.8 Å². The van der Waals surface area contributed by atoms with E-state index in [9.17, 15) is 9.90 Å². The van der Waals surface area contributed by atoms with Crippen molar-refractivity contribution in [1.29, 1.82) is 0 Å². The van der Waals surface area contributed by atoms with Gasteiger partial charge in [-0.25, -0.2) is 0 Å². The Kier molecular flexibility index (Phi) is 5.41. The molecule has 1 N–H and O–H groups in total. The average molecular weight is 450 g/mol. The lowest BCUT2D eigenvalue weighted by atomic mass is 9.93. The molecule has 1 aliphatic rings. The van der Waals surface area contributed by atoms with Crippen LogP contribution in [-0.4, -0.2) is 23.0 Å². The van der Waals surface area contributed by atoms with E-state index < -0.39 is 11.9 Å². The number of amides is 1. The van der Waals surface area contributed by atoms with E-state index in [1.807, 2.05) is 78.9 Å². The second-order valence-corrected chi connectivity index (χ2v) is 7.65. The van der Waals surface area contributed by atoms with Crippen LogP contribution < -0.4 is 4.74 Å². The van der Waals surface area contributed by atoms with Crippen molar-refractivity contribution in [1.82, 2.24) is 4.90 Å². The van der Waals surface area contributed by atoms with Crippen molar-refractivity contribution >= 4 is 27.4 Å². The van der Waals surface area contributed by atoms with Crippen molar-refractivity contribution in [2.24, 2.45) is 0 Å². The summed E-state index contributed by atoms with van der Waals surface area (Å²) in [7, 11) is 1.61. The lowest BCUT2D eigenvalue weighted by Gasteiger charge is -2.28. The van der Waals surface area contributed by atoms with E-state index in [-0.39, 0.29) is 5.76 Å². The van der Waals surface area contributed by atoms with E-state index >= 15 is 0 Å². The molecule has 146 valence electrons. The first kappa shape index (κ1) is 19.3. The number of carbonyl (C=O) groups excluding carboxylic acids is 1. The lowest BCUT2D eigenvalue weighted by Crippen LogP contribution is -2.30. The van der Waals surface area contributed by atoms with Gasteiger partial charge in [0.1, 0.15) is 5.75 Å². The van der Waals surface area contributed by atoms with Gasteiger partial charge in [-0.3, -0.25) is 4.79 Å². The zero-order chi connectivity index (χ0) is 20.4. The number of para-hydroxylation sites is 1. The number of hydrogen-bond donors (Lipinski definition) is 1. The molecule has 0 bridgehead atoms. The Bertz CT molecular complexity index is 1080. The Balaban J connectivity index is 1.85. The monoisotopic (exact) mass is 449 g/mol. The third-order valence-electron chi connectivity index (χ3n) is 5.12. The first-order valence-electron chi connectivity index (χ1n) is 9.27. The van der Waals surface area contributed by atoms with E-state index in [1.165, 1.54) is 0 Å². The van der Waals surface area contributed by atoms with Gasteiger partial charge in [0.05, 0.1) is 19.7 Å². The zero-order valence-corrected chi connectivity index (χ0v) is 17.5. The summed E-state index contributed by atoms with van der Waals surface area (Å²) in [4.78, 5) is 14.8. The van der Waals surface area contributed by atoms with Crippen LogP contribution in [-0.2, 0) is 11.3 Å². The Morgan fingerprint density at radius 3 is 2.34 bits per heavy atom. The SMILES string of the molecule is COc1ccccc1CN1C(=O)C(O)=C(c2ccccc2)[C@H]1c1ccccc1Br. The summed E-state index contributed by atoms with van der Waals surface area (Å²) < 4.78 is 6.35. The number of carbonyl (C=O) groups is 1. The predicted octanol–water partition coefficient (Wildman–Crippen LogP) is 5.51. The molecule has 3 aromatic carbocycles. The van der Waals surface area contributed by atoms with Gasteiger partial charge in [0.15, 0.2) is 5.76 Å². The standard InChI is InChI=1S/C24H20BrNO3/c1-29-20-14-8-5-11-17(20)15-26-22(18-12-6-7-13-19(18)25)21(23(27)24(26)28)16-9-3-2-4-10-16/h2-14,22,27H,15H2,1H3/t22-/m1/s1. The number of benzene rings is 3. The molecule has 1 aliphatic heterocycles. The van der Waals surface area contributed by atoms with Crippen LogP contribution >= 0.6 is 15.9 Å². The van der Waals surface area contributed by atoms with Crippen LogP contribution in [0, 0.1) is 0 Å². The van der Waals surface area contributed by atoms with Gasteiger partial charge in [0.25, 0.3) is 5.91 Å². The summed E-state index contributed by atoms with van der Waals surface area (Å²) in [6.07, 6.45) is 0. The maximum atomic E-state index is 13.1. The largest absolute Gasteiger partial charge is 0.503 e. The van der Waals surface area contributed by atoms with Crippen molar-refractivity contribution in [3.8, 4) is 5.75 Å². The van der Waals surface area contributed by atoms with Gasteiger partial charge in [-0.2, -0.15) is 0 Å². The summed E-state index contributed by atoms with van der Waals surface area (Å²) in [5.74, 6) is 0.0983. The van der Waals surface area contributed by atoms with E-state index in [4.69, 9.17) is 4.74 Å². The highest BCUT2D eigenvalue weighted by Crippen LogP contribution is 2.46. The minimum Gasteiger partial charge on any atom is -0.503 e. The van der Waals surface area contributed by atoms with Crippen molar-refractivity contribution in [3.05, 3.63) is 106 Å². The quantitative estimate of drug-likeness (QED) is 0.558. The second kappa shape index (κ2) is 8.13. The fourth-order valence-corrected chi connectivity index (χ4v) is 4.27. The van der Waals surface area contributed by atoms with Crippen LogP contribution in [0.25, 0.3) is 5.57 Å². The van der Waals surface area contributed by atoms with Crippen LogP contribution in [0.15, 0.2) is 89.1 Å². The zero-order valence-electron chi connectivity index (χ0n) is 15.9. The molecule has 1 atom stereocenters. The molecule has 5 heteroatoms. The molecule has 0 aliphatic carbocycles. The third kappa shape index (κ3) is 3.54. The fourth-order valence-electron chi connectivity index (χ4n) is 3.77. The normalized spacial score (nSPS) is 16.4.